The zero-order valence-corrected chi connectivity index (χ0v) is 24.6. The molecule has 0 aliphatic carbocycles. The van der Waals surface area contributed by atoms with E-state index in [2.05, 4.69) is 27.0 Å². The molecule has 232 valence electrons. The second kappa shape index (κ2) is 12.5. The number of nitrogens with zero attached hydrogens (tertiary/aromatic N) is 2. The number of furan rings is 1. The summed E-state index contributed by atoms with van der Waals surface area (Å²) in [5.74, 6) is -1.18. The molecule has 0 spiro atoms. The van der Waals surface area contributed by atoms with Gasteiger partial charge in [-0.15, -0.1) is 0 Å². The Hall–Kier alpha value is -4.67. The van der Waals surface area contributed by atoms with Gasteiger partial charge in [0.15, 0.2) is 0 Å². The average Bonchev–Trinajstić information content (AvgIpc) is 3.36. The first-order valence-electron chi connectivity index (χ1n) is 13.5. The van der Waals surface area contributed by atoms with Crippen molar-refractivity contribution in [2.45, 2.75) is 38.7 Å². The van der Waals surface area contributed by atoms with E-state index in [0.717, 1.165) is 0 Å². The molecule has 2 atom stereocenters. The fourth-order valence-electron chi connectivity index (χ4n) is 4.52. The minimum absolute atomic E-state index is 0.0439. The molecule has 44 heavy (non-hydrogen) atoms. The van der Waals surface area contributed by atoms with E-state index in [1.165, 1.54) is 56.6 Å². The summed E-state index contributed by atoms with van der Waals surface area (Å²) in [5, 5.41) is 28.8. The van der Waals surface area contributed by atoms with Crippen LogP contribution in [0, 0.1) is 23.1 Å². The van der Waals surface area contributed by atoms with Gasteiger partial charge in [-0.25, -0.2) is 4.39 Å². The number of hydrogen-bond acceptors (Lipinski definition) is 8. The Balaban J connectivity index is 1.95. The van der Waals surface area contributed by atoms with Crippen molar-refractivity contribution in [1.82, 2.24) is 15.6 Å². The highest BCUT2D eigenvalue weighted by atomic mass is 19.4. The molecule has 0 aliphatic heterocycles. The van der Waals surface area contributed by atoms with Gasteiger partial charge >= 0.3 is 6.18 Å². The maximum absolute atomic E-state index is 13.6. The molecule has 2 heterocycles. The number of methoxy groups -OCH3 is 1. The third-order valence-corrected chi connectivity index (χ3v) is 7.36. The minimum atomic E-state index is -4.59. The number of nitrogens with one attached hydrogen (secondary N) is 3. The number of nitriles is 1. The lowest BCUT2D eigenvalue weighted by Gasteiger charge is -2.31. The highest BCUT2D eigenvalue weighted by Gasteiger charge is 2.33. The number of alkyl halides is 3. The third-order valence-electron chi connectivity index (χ3n) is 7.36. The highest BCUT2D eigenvalue weighted by molar-refractivity contribution is 6.11. The fourth-order valence-corrected chi connectivity index (χ4v) is 4.52. The lowest BCUT2D eigenvalue weighted by molar-refractivity contribution is -0.115. The quantitative estimate of drug-likeness (QED) is 0.124. The minimum Gasteiger partial charge on any atom is -0.496 e. The molecule has 4 rings (SSSR count). The van der Waals surface area contributed by atoms with Crippen LogP contribution in [-0.2, 0) is 0 Å². The van der Waals surface area contributed by atoms with E-state index in [-0.39, 0.29) is 51.0 Å². The van der Waals surface area contributed by atoms with Crippen LogP contribution in [0.4, 0.5) is 23.4 Å². The largest absolute Gasteiger partial charge is 0.496 e. The van der Waals surface area contributed by atoms with Gasteiger partial charge in [0.1, 0.15) is 41.5 Å². The van der Waals surface area contributed by atoms with Crippen molar-refractivity contribution in [2.24, 2.45) is 5.92 Å². The van der Waals surface area contributed by atoms with Crippen LogP contribution in [-0.4, -0.2) is 48.4 Å². The number of carbonyl (C=O) groups is 1. The molecule has 4 N–H and O–H groups in total. The van der Waals surface area contributed by atoms with Crippen molar-refractivity contribution >= 4 is 22.8 Å². The van der Waals surface area contributed by atoms with Gasteiger partial charge in [-0.3, -0.25) is 10.1 Å². The van der Waals surface area contributed by atoms with Crippen molar-refractivity contribution in [3.63, 3.8) is 0 Å². The Labute approximate surface area is 250 Å². The van der Waals surface area contributed by atoms with E-state index in [9.17, 15) is 32.7 Å². The number of amides is 1. The number of fused-ring (bicyclic) bond motifs is 1. The van der Waals surface area contributed by atoms with Crippen molar-refractivity contribution < 1.29 is 36.6 Å². The van der Waals surface area contributed by atoms with E-state index in [1.807, 2.05) is 13.8 Å². The predicted octanol–water partition coefficient (Wildman–Crippen LogP) is 6.16. The monoisotopic (exact) mass is 613 g/mol. The standard InChI is InChI=1S/C31H31F4N5O4/c1-16(2)30(3,14-36)40-27(41)21-12-18(8-11-23(21)43-5)20-13-22-24(28(42)37-4)25(17-6-9-19(32)10-7-17)44-29(22)39-26(20)38-15-31(33,34)35/h6-13,16,27,40-41H,15H2,1-5H3,(H,37,42)(H,38,39). The number of anilines is 1. The van der Waals surface area contributed by atoms with Crippen LogP contribution in [0.5, 0.6) is 5.75 Å². The fraction of sp³-hybridized carbons (Fsp3) is 0.323. The summed E-state index contributed by atoms with van der Waals surface area (Å²) in [6.07, 6.45) is -5.99. The van der Waals surface area contributed by atoms with Crippen molar-refractivity contribution in [1.29, 1.82) is 5.26 Å². The first-order chi connectivity index (χ1) is 20.7. The van der Waals surface area contributed by atoms with Gasteiger partial charge < -0.3 is 24.9 Å². The maximum Gasteiger partial charge on any atom is 0.405 e. The summed E-state index contributed by atoms with van der Waals surface area (Å²) in [7, 11) is 2.79. The molecule has 2 aromatic carbocycles. The van der Waals surface area contributed by atoms with Gasteiger partial charge in [-0.2, -0.15) is 23.4 Å². The molecule has 0 aliphatic rings. The zero-order chi connectivity index (χ0) is 32.4. The second-order valence-electron chi connectivity index (χ2n) is 10.6. The molecule has 0 bridgehead atoms. The molecular formula is C31H31F4N5O4. The summed E-state index contributed by atoms with van der Waals surface area (Å²) in [5.41, 5.74) is -0.190. The first-order valence-corrected chi connectivity index (χ1v) is 13.5. The normalized spacial score (nSPS) is 13.8. The van der Waals surface area contributed by atoms with E-state index in [0.29, 0.717) is 11.1 Å². The summed E-state index contributed by atoms with van der Waals surface area (Å²) in [4.78, 5) is 17.4. The molecular weight excluding hydrogens is 582 g/mol. The van der Waals surface area contributed by atoms with E-state index in [1.54, 1.807) is 13.0 Å². The molecule has 0 saturated heterocycles. The lowest BCUT2D eigenvalue weighted by atomic mass is 9.89. The van der Waals surface area contributed by atoms with Crippen LogP contribution < -0.4 is 20.7 Å². The summed E-state index contributed by atoms with van der Waals surface area (Å²) >= 11 is 0. The number of benzene rings is 2. The molecule has 4 aromatic rings. The predicted molar refractivity (Wildman–Crippen MR) is 156 cm³/mol. The molecule has 9 nitrogen and oxygen atoms in total. The number of aliphatic hydroxyl groups excluding tert-OH is 1. The topological polar surface area (TPSA) is 132 Å². The Bertz CT molecular complexity index is 1710. The van der Waals surface area contributed by atoms with Crippen LogP contribution in [0.15, 0.2) is 52.9 Å². The Morgan fingerprint density at radius 1 is 1.14 bits per heavy atom. The molecule has 0 radical (unpaired) electrons. The van der Waals surface area contributed by atoms with Gasteiger partial charge in [0.05, 0.1) is 24.1 Å². The molecule has 0 fully saturated rings. The smallest absolute Gasteiger partial charge is 0.405 e. The van der Waals surface area contributed by atoms with Crippen LogP contribution >= 0.6 is 0 Å². The van der Waals surface area contributed by atoms with Crippen molar-refractivity contribution in [2.75, 3.05) is 26.0 Å². The van der Waals surface area contributed by atoms with Crippen LogP contribution in [0.2, 0.25) is 0 Å². The van der Waals surface area contributed by atoms with Gasteiger partial charge in [0.25, 0.3) is 5.91 Å². The number of ether oxygens (including phenoxy) is 1. The SMILES string of the molecule is CNC(=O)c1c(-c2ccc(F)cc2)oc2nc(NCC(F)(F)F)c(-c3ccc(OC)c(C(O)NC(C)(C#N)C(C)C)c3)cc12. The third kappa shape index (κ3) is 6.61. The Kier molecular flexibility index (Phi) is 9.17. The van der Waals surface area contributed by atoms with Crippen molar-refractivity contribution in [3.05, 3.63) is 65.5 Å². The number of carbonyl (C=O) groups excluding carboxylic acids is 1. The van der Waals surface area contributed by atoms with Crippen LogP contribution in [0.1, 0.15) is 42.9 Å². The molecule has 0 saturated carbocycles. The average molecular weight is 614 g/mol. The van der Waals surface area contributed by atoms with E-state index < -0.39 is 36.2 Å². The number of hydrogen-bond donors (Lipinski definition) is 4. The van der Waals surface area contributed by atoms with Gasteiger partial charge in [0, 0.05) is 23.7 Å². The summed E-state index contributed by atoms with van der Waals surface area (Å²) < 4.78 is 64.9. The maximum atomic E-state index is 13.6. The van der Waals surface area contributed by atoms with Crippen molar-refractivity contribution in [3.8, 4) is 34.3 Å². The number of aliphatic hydroxyl groups is 1. The first kappa shape index (κ1) is 32.2. The zero-order valence-electron chi connectivity index (χ0n) is 24.6. The number of aromatic nitrogens is 1. The van der Waals surface area contributed by atoms with E-state index in [4.69, 9.17) is 9.15 Å². The summed E-state index contributed by atoms with van der Waals surface area (Å²) in [6.45, 7) is 3.83. The van der Waals surface area contributed by atoms with Gasteiger partial charge in [-0.05, 0) is 60.9 Å². The molecule has 2 aromatic heterocycles. The van der Waals surface area contributed by atoms with E-state index >= 15 is 0 Å². The van der Waals surface area contributed by atoms with Crippen LogP contribution in [0.25, 0.3) is 33.6 Å². The Morgan fingerprint density at radius 2 is 1.80 bits per heavy atom. The Morgan fingerprint density at radius 3 is 2.36 bits per heavy atom. The van der Waals surface area contributed by atoms with Crippen LogP contribution in [0.3, 0.4) is 0 Å². The molecule has 1 amide bonds. The lowest BCUT2D eigenvalue weighted by Crippen LogP contribution is -2.47. The second-order valence-corrected chi connectivity index (χ2v) is 10.6. The molecule has 2 unspecified atom stereocenters. The number of rotatable bonds is 10. The molecule has 13 heteroatoms. The summed E-state index contributed by atoms with van der Waals surface area (Å²) in [6, 6.07) is 13.4. The number of halogens is 4. The van der Waals surface area contributed by atoms with Gasteiger partial charge in [0.2, 0.25) is 5.71 Å². The number of pyridine rings is 1. The van der Waals surface area contributed by atoms with Gasteiger partial charge in [-0.1, -0.05) is 19.9 Å². The highest BCUT2D eigenvalue weighted by Crippen LogP contribution is 2.40.